The van der Waals surface area contributed by atoms with Gasteiger partial charge in [-0.15, -0.1) is 0 Å². The third kappa shape index (κ3) is 5.63. The zero-order valence-corrected chi connectivity index (χ0v) is 12.6. The summed E-state index contributed by atoms with van der Waals surface area (Å²) < 4.78 is 10.1. The Morgan fingerprint density at radius 1 is 1.33 bits per heavy atom. The number of hydrogen-bond donors (Lipinski definition) is 0. The molecular formula is C15H18ClNO4. The van der Waals surface area contributed by atoms with Gasteiger partial charge in [0.2, 0.25) is 0 Å². The summed E-state index contributed by atoms with van der Waals surface area (Å²) in [7, 11) is 1.72. The molecule has 1 aromatic rings. The summed E-state index contributed by atoms with van der Waals surface area (Å²) in [6.07, 6.45) is 2.34. The third-order valence-electron chi connectivity index (χ3n) is 3.16. The lowest BCUT2D eigenvalue weighted by molar-refractivity contribution is -0.153. The number of hydrogen-bond acceptors (Lipinski definition) is 4. The van der Waals surface area contributed by atoms with Gasteiger partial charge in [-0.2, -0.15) is 0 Å². The van der Waals surface area contributed by atoms with Crippen LogP contribution in [0.3, 0.4) is 0 Å². The summed E-state index contributed by atoms with van der Waals surface area (Å²) in [6, 6.07) is 6.72. The van der Waals surface area contributed by atoms with Crippen LogP contribution in [0.25, 0.3) is 0 Å². The fourth-order valence-corrected chi connectivity index (χ4v) is 1.96. The van der Waals surface area contributed by atoms with Crippen LogP contribution in [0.4, 0.5) is 0 Å². The zero-order valence-electron chi connectivity index (χ0n) is 11.9. The predicted octanol–water partition coefficient (Wildman–Crippen LogP) is 2.13. The molecule has 0 aliphatic heterocycles. The van der Waals surface area contributed by atoms with E-state index in [2.05, 4.69) is 0 Å². The molecule has 21 heavy (non-hydrogen) atoms. The second-order valence-corrected chi connectivity index (χ2v) is 5.56. The lowest BCUT2D eigenvalue weighted by atomic mass is 10.3. The van der Waals surface area contributed by atoms with Crippen LogP contribution < -0.4 is 4.74 Å². The molecule has 1 aliphatic rings. The quantitative estimate of drug-likeness (QED) is 0.724. The van der Waals surface area contributed by atoms with E-state index in [1.807, 2.05) is 0 Å². The molecule has 1 aliphatic carbocycles. The van der Waals surface area contributed by atoms with Crippen LogP contribution in [0.2, 0.25) is 5.02 Å². The summed E-state index contributed by atoms with van der Waals surface area (Å²) in [6.45, 7) is 0.232. The molecule has 5 nitrogen and oxygen atoms in total. The smallest absolute Gasteiger partial charge is 0.344 e. The molecule has 1 amide bonds. The SMILES string of the molecule is CN(CC1CC1)C(=O)COC(=O)COc1cccc(Cl)c1. The highest BCUT2D eigenvalue weighted by molar-refractivity contribution is 6.30. The Morgan fingerprint density at radius 2 is 2.10 bits per heavy atom. The van der Waals surface area contributed by atoms with E-state index in [-0.39, 0.29) is 19.1 Å². The first-order chi connectivity index (χ1) is 10.0. The van der Waals surface area contributed by atoms with Crippen molar-refractivity contribution in [2.75, 3.05) is 26.8 Å². The largest absolute Gasteiger partial charge is 0.482 e. The second kappa shape index (κ2) is 7.31. The molecule has 1 saturated carbocycles. The highest BCUT2D eigenvalue weighted by atomic mass is 35.5. The van der Waals surface area contributed by atoms with Crippen LogP contribution in [0.1, 0.15) is 12.8 Å². The number of rotatable bonds is 7. The fraction of sp³-hybridized carbons (Fsp3) is 0.467. The molecule has 2 rings (SSSR count). The van der Waals surface area contributed by atoms with Gasteiger partial charge in [0.05, 0.1) is 0 Å². The Bertz CT molecular complexity index is 516. The molecule has 0 atom stereocenters. The van der Waals surface area contributed by atoms with E-state index in [0.29, 0.717) is 16.7 Å². The second-order valence-electron chi connectivity index (χ2n) is 5.12. The maximum absolute atomic E-state index is 11.7. The summed E-state index contributed by atoms with van der Waals surface area (Å²) in [5.74, 6) is 0.318. The number of ether oxygens (including phenoxy) is 2. The lowest BCUT2D eigenvalue weighted by Gasteiger charge is -2.16. The summed E-state index contributed by atoms with van der Waals surface area (Å²) in [5, 5.41) is 0.526. The van der Waals surface area contributed by atoms with Gasteiger partial charge in [-0.3, -0.25) is 4.79 Å². The first kappa shape index (κ1) is 15.6. The van der Waals surface area contributed by atoms with Crippen molar-refractivity contribution in [2.45, 2.75) is 12.8 Å². The molecule has 0 bridgehead atoms. The summed E-state index contributed by atoms with van der Waals surface area (Å²) in [4.78, 5) is 24.8. The normalized spacial score (nSPS) is 13.6. The van der Waals surface area contributed by atoms with E-state index in [9.17, 15) is 9.59 Å². The molecule has 0 aromatic heterocycles. The number of esters is 1. The molecule has 0 radical (unpaired) electrons. The number of likely N-dealkylation sites (N-methyl/N-ethyl adjacent to an activating group) is 1. The zero-order chi connectivity index (χ0) is 15.2. The van der Waals surface area contributed by atoms with Crippen molar-refractivity contribution in [2.24, 2.45) is 5.92 Å². The minimum Gasteiger partial charge on any atom is -0.482 e. The maximum atomic E-state index is 11.7. The van der Waals surface area contributed by atoms with Gasteiger partial charge in [0.15, 0.2) is 13.2 Å². The van der Waals surface area contributed by atoms with Gasteiger partial charge in [-0.05, 0) is 37.0 Å². The minimum atomic E-state index is -0.580. The number of amides is 1. The number of benzene rings is 1. The Labute approximate surface area is 128 Å². The average Bonchev–Trinajstić information content (AvgIpc) is 3.26. The number of carbonyl (C=O) groups excluding carboxylic acids is 2. The van der Waals surface area contributed by atoms with Gasteiger partial charge in [0, 0.05) is 18.6 Å². The standard InChI is InChI=1S/C15H18ClNO4/c1-17(8-11-5-6-11)14(18)9-21-15(19)10-20-13-4-2-3-12(16)7-13/h2-4,7,11H,5-6,8-10H2,1H3. The monoisotopic (exact) mass is 311 g/mol. The van der Waals surface area contributed by atoms with Crippen molar-refractivity contribution in [1.82, 2.24) is 4.90 Å². The van der Waals surface area contributed by atoms with Crippen LogP contribution in [0.5, 0.6) is 5.75 Å². The van der Waals surface area contributed by atoms with E-state index in [4.69, 9.17) is 21.1 Å². The van der Waals surface area contributed by atoms with Gasteiger partial charge in [0.25, 0.3) is 5.91 Å². The molecular weight excluding hydrogens is 294 g/mol. The van der Waals surface area contributed by atoms with Crippen molar-refractivity contribution < 1.29 is 19.1 Å². The van der Waals surface area contributed by atoms with Crippen LogP contribution >= 0.6 is 11.6 Å². The predicted molar refractivity (Wildman–Crippen MR) is 78.3 cm³/mol. The van der Waals surface area contributed by atoms with Crippen molar-refractivity contribution in [3.05, 3.63) is 29.3 Å². The molecule has 114 valence electrons. The number of halogens is 1. The Morgan fingerprint density at radius 3 is 2.76 bits per heavy atom. The summed E-state index contributed by atoms with van der Waals surface area (Å²) >= 11 is 5.80. The van der Waals surface area contributed by atoms with Gasteiger partial charge in [0.1, 0.15) is 5.75 Å². The van der Waals surface area contributed by atoms with Crippen LogP contribution in [-0.4, -0.2) is 43.6 Å². The molecule has 0 saturated heterocycles. The average molecular weight is 312 g/mol. The van der Waals surface area contributed by atoms with E-state index in [1.165, 1.54) is 12.8 Å². The van der Waals surface area contributed by atoms with E-state index in [0.717, 1.165) is 6.54 Å². The van der Waals surface area contributed by atoms with Gasteiger partial charge in [-0.1, -0.05) is 17.7 Å². The van der Waals surface area contributed by atoms with Crippen LogP contribution in [0, 0.1) is 5.92 Å². The minimum absolute atomic E-state index is 0.196. The van der Waals surface area contributed by atoms with Crippen molar-refractivity contribution >= 4 is 23.5 Å². The fourth-order valence-electron chi connectivity index (χ4n) is 1.78. The highest BCUT2D eigenvalue weighted by Gasteiger charge is 2.25. The Kier molecular flexibility index (Phi) is 5.44. The van der Waals surface area contributed by atoms with Crippen molar-refractivity contribution in [1.29, 1.82) is 0 Å². The summed E-state index contributed by atoms with van der Waals surface area (Å²) in [5.41, 5.74) is 0. The first-order valence-electron chi connectivity index (χ1n) is 6.82. The van der Waals surface area contributed by atoms with Gasteiger partial charge in [-0.25, -0.2) is 4.79 Å². The molecule has 0 spiro atoms. The molecule has 6 heteroatoms. The topological polar surface area (TPSA) is 55.8 Å². The van der Waals surface area contributed by atoms with Crippen molar-refractivity contribution in [3.63, 3.8) is 0 Å². The maximum Gasteiger partial charge on any atom is 0.344 e. The Balaban J connectivity index is 1.65. The molecule has 0 unspecified atom stereocenters. The van der Waals surface area contributed by atoms with Gasteiger partial charge < -0.3 is 14.4 Å². The van der Waals surface area contributed by atoms with Crippen LogP contribution in [-0.2, 0) is 14.3 Å². The highest BCUT2D eigenvalue weighted by Crippen LogP contribution is 2.29. The third-order valence-corrected chi connectivity index (χ3v) is 3.40. The lowest BCUT2D eigenvalue weighted by Crippen LogP contribution is -2.33. The van der Waals surface area contributed by atoms with Gasteiger partial charge >= 0.3 is 5.97 Å². The number of nitrogens with zero attached hydrogens (tertiary/aromatic N) is 1. The van der Waals surface area contributed by atoms with Crippen molar-refractivity contribution in [3.8, 4) is 5.75 Å². The van der Waals surface area contributed by atoms with Crippen LogP contribution in [0.15, 0.2) is 24.3 Å². The molecule has 1 fully saturated rings. The van der Waals surface area contributed by atoms with E-state index < -0.39 is 5.97 Å². The van der Waals surface area contributed by atoms with E-state index >= 15 is 0 Å². The molecule has 0 heterocycles. The van der Waals surface area contributed by atoms with E-state index in [1.54, 1.807) is 36.2 Å². The Hall–Kier alpha value is -1.75. The first-order valence-corrected chi connectivity index (χ1v) is 7.20. The molecule has 0 N–H and O–H groups in total. The molecule has 1 aromatic carbocycles. The number of carbonyl (C=O) groups is 2.